The fourth-order valence-electron chi connectivity index (χ4n) is 2.42. The van der Waals surface area contributed by atoms with Crippen molar-refractivity contribution in [1.82, 2.24) is 5.32 Å². The Labute approximate surface area is 121 Å². The molecule has 0 aliphatic carbocycles. The summed E-state index contributed by atoms with van der Waals surface area (Å²) in [5.74, 6) is 0.923. The highest BCUT2D eigenvalue weighted by molar-refractivity contribution is 5.93. The lowest BCUT2D eigenvalue weighted by molar-refractivity contribution is 0.414. The molecular weight excluding hydrogens is 246 g/mol. The van der Waals surface area contributed by atoms with Crippen LogP contribution in [0.3, 0.4) is 0 Å². The van der Waals surface area contributed by atoms with Gasteiger partial charge < -0.3 is 10.1 Å². The predicted octanol–water partition coefficient (Wildman–Crippen LogP) is 4.25. The second-order valence-electron chi connectivity index (χ2n) is 5.07. The van der Waals surface area contributed by atoms with Gasteiger partial charge in [0.05, 0.1) is 7.11 Å². The zero-order valence-electron chi connectivity index (χ0n) is 12.7. The van der Waals surface area contributed by atoms with Crippen LogP contribution < -0.4 is 10.1 Å². The highest BCUT2D eigenvalue weighted by atomic mass is 16.5. The molecule has 0 bridgehead atoms. The van der Waals surface area contributed by atoms with Crippen LogP contribution in [0.15, 0.2) is 42.0 Å². The molecular formula is C18H23NO. The highest BCUT2D eigenvalue weighted by Crippen LogP contribution is 2.30. The quantitative estimate of drug-likeness (QED) is 0.876. The van der Waals surface area contributed by atoms with Crippen LogP contribution in [0, 0.1) is 0 Å². The van der Waals surface area contributed by atoms with E-state index < -0.39 is 0 Å². The Morgan fingerprint density at radius 3 is 2.70 bits per heavy atom. The van der Waals surface area contributed by atoms with E-state index in [1.165, 1.54) is 16.3 Å². The summed E-state index contributed by atoms with van der Waals surface area (Å²) in [4.78, 5) is 0. The van der Waals surface area contributed by atoms with E-state index in [0.29, 0.717) is 6.04 Å². The number of fused-ring (bicyclic) bond motifs is 1. The summed E-state index contributed by atoms with van der Waals surface area (Å²) in [7, 11) is 1.73. The normalized spacial score (nSPS) is 13.5. The van der Waals surface area contributed by atoms with Crippen LogP contribution >= 0.6 is 0 Å². The molecule has 0 aliphatic rings. The van der Waals surface area contributed by atoms with E-state index >= 15 is 0 Å². The minimum absolute atomic E-state index is 0.365. The number of rotatable bonds is 5. The van der Waals surface area contributed by atoms with Crippen molar-refractivity contribution in [2.75, 3.05) is 13.7 Å². The van der Waals surface area contributed by atoms with Gasteiger partial charge in [-0.15, -0.1) is 0 Å². The minimum Gasteiger partial charge on any atom is -0.496 e. The van der Waals surface area contributed by atoms with Crippen LogP contribution in [0.4, 0.5) is 0 Å². The van der Waals surface area contributed by atoms with Crippen molar-refractivity contribution in [3.63, 3.8) is 0 Å². The molecule has 2 aromatic carbocycles. The van der Waals surface area contributed by atoms with Crippen LogP contribution in [0.2, 0.25) is 0 Å². The molecule has 0 aliphatic heterocycles. The number of likely N-dealkylation sites (N-methyl/N-ethyl adjacent to an activating group) is 1. The second kappa shape index (κ2) is 6.58. The Morgan fingerprint density at radius 1 is 1.25 bits per heavy atom. The third-order valence-electron chi connectivity index (χ3n) is 3.72. The number of hydrogen-bond donors (Lipinski definition) is 1. The fraction of sp³-hybridized carbons (Fsp3) is 0.333. The number of ether oxygens (including phenoxy) is 1. The second-order valence-corrected chi connectivity index (χ2v) is 5.07. The summed E-state index contributed by atoms with van der Waals surface area (Å²) in [6.45, 7) is 7.45. The maximum atomic E-state index is 5.53. The van der Waals surface area contributed by atoms with E-state index in [9.17, 15) is 0 Å². The lowest BCUT2D eigenvalue weighted by Gasteiger charge is -2.15. The largest absolute Gasteiger partial charge is 0.496 e. The van der Waals surface area contributed by atoms with Gasteiger partial charge in [-0.1, -0.05) is 48.9 Å². The molecule has 0 radical (unpaired) electrons. The van der Waals surface area contributed by atoms with E-state index in [1.54, 1.807) is 7.11 Å². The molecule has 106 valence electrons. The molecule has 2 rings (SSSR count). The Balaban J connectivity index is 2.54. The van der Waals surface area contributed by atoms with Crippen molar-refractivity contribution in [3.8, 4) is 5.75 Å². The molecule has 0 fully saturated rings. The summed E-state index contributed by atoms with van der Waals surface area (Å²) < 4.78 is 5.53. The van der Waals surface area contributed by atoms with Crippen molar-refractivity contribution < 1.29 is 4.74 Å². The fourth-order valence-corrected chi connectivity index (χ4v) is 2.42. The van der Waals surface area contributed by atoms with Crippen molar-refractivity contribution in [2.45, 2.75) is 26.8 Å². The Bertz CT molecular complexity index is 616. The van der Waals surface area contributed by atoms with Gasteiger partial charge in [0.2, 0.25) is 0 Å². The maximum absolute atomic E-state index is 5.53. The number of benzene rings is 2. The lowest BCUT2D eigenvalue weighted by atomic mass is 9.99. The molecule has 1 N–H and O–H groups in total. The number of methoxy groups -OCH3 is 1. The lowest BCUT2D eigenvalue weighted by Crippen LogP contribution is -2.26. The number of hydrogen-bond acceptors (Lipinski definition) is 2. The SMILES string of the molecule is CCNC(C)/C(C)=C/c1c(OC)ccc2ccccc12. The summed E-state index contributed by atoms with van der Waals surface area (Å²) in [5, 5.41) is 5.91. The molecule has 0 saturated carbocycles. The summed E-state index contributed by atoms with van der Waals surface area (Å²) in [6.07, 6.45) is 2.23. The summed E-state index contributed by atoms with van der Waals surface area (Å²) in [6, 6.07) is 12.9. The summed E-state index contributed by atoms with van der Waals surface area (Å²) in [5.41, 5.74) is 2.47. The zero-order valence-corrected chi connectivity index (χ0v) is 12.7. The van der Waals surface area contributed by atoms with Gasteiger partial charge in [-0.25, -0.2) is 0 Å². The average Bonchev–Trinajstić information content (AvgIpc) is 2.47. The van der Waals surface area contributed by atoms with Gasteiger partial charge in [-0.3, -0.25) is 0 Å². The molecule has 0 heterocycles. The highest BCUT2D eigenvalue weighted by Gasteiger charge is 2.08. The predicted molar refractivity (Wildman–Crippen MR) is 87.3 cm³/mol. The zero-order chi connectivity index (χ0) is 14.5. The van der Waals surface area contributed by atoms with E-state index in [-0.39, 0.29) is 0 Å². The van der Waals surface area contributed by atoms with Crippen molar-refractivity contribution in [2.24, 2.45) is 0 Å². The molecule has 1 unspecified atom stereocenters. The van der Waals surface area contributed by atoms with Gasteiger partial charge in [0, 0.05) is 11.6 Å². The van der Waals surface area contributed by atoms with Crippen LogP contribution in [0.5, 0.6) is 5.75 Å². The standard InChI is InChI=1S/C18H23NO/c1-5-19-14(3)13(2)12-17-16-9-7-6-8-15(16)10-11-18(17)20-4/h6-12,14,19H,5H2,1-4H3/b13-12+. The molecule has 20 heavy (non-hydrogen) atoms. The van der Waals surface area contributed by atoms with Crippen LogP contribution in [0.1, 0.15) is 26.3 Å². The maximum Gasteiger partial charge on any atom is 0.126 e. The Kier molecular flexibility index (Phi) is 4.80. The molecule has 0 aromatic heterocycles. The van der Waals surface area contributed by atoms with Crippen molar-refractivity contribution >= 4 is 16.8 Å². The monoisotopic (exact) mass is 269 g/mol. The molecule has 1 atom stereocenters. The van der Waals surface area contributed by atoms with E-state index in [1.807, 2.05) is 6.07 Å². The van der Waals surface area contributed by atoms with E-state index in [4.69, 9.17) is 4.74 Å². The van der Waals surface area contributed by atoms with Crippen LogP contribution in [-0.4, -0.2) is 19.7 Å². The molecule has 0 saturated heterocycles. The number of nitrogens with one attached hydrogen (secondary N) is 1. The Hall–Kier alpha value is -1.80. The van der Waals surface area contributed by atoms with Crippen molar-refractivity contribution in [3.05, 3.63) is 47.5 Å². The van der Waals surface area contributed by atoms with Gasteiger partial charge in [0.25, 0.3) is 0 Å². The first-order valence-electron chi connectivity index (χ1n) is 7.14. The van der Waals surface area contributed by atoms with Crippen LogP contribution in [0.25, 0.3) is 16.8 Å². The first-order chi connectivity index (χ1) is 9.67. The first-order valence-corrected chi connectivity index (χ1v) is 7.14. The molecule has 0 spiro atoms. The van der Waals surface area contributed by atoms with Gasteiger partial charge >= 0.3 is 0 Å². The third kappa shape index (κ3) is 3.02. The molecule has 0 amide bonds. The van der Waals surface area contributed by atoms with Crippen molar-refractivity contribution in [1.29, 1.82) is 0 Å². The molecule has 2 heteroatoms. The van der Waals surface area contributed by atoms with Gasteiger partial charge in [0.15, 0.2) is 0 Å². The first kappa shape index (κ1) is 14.6. The Morgan fingerprint density at radius 2 is 2.00 bits per heavy atom. The van der Waals surface area contributed by atoms with Gasteiger partial charge in [-0.05, 0) is 37.2 Å². The minimum atomic E-state index is 0.365. The van der Waals surface area contributed by atoms with E-state index in [2.05, 4.69) is 62.5 Å². The third-order valence-corrected chi connectivity index (χ3v) is 3.72. The molecule has 2 nitrogen and oxygen atoms in total. The van der Waals surface area contributed by atoms with Gasteiger partial charge in [-0.2, -0.15) is 0 Å². The van der Waals surface area contributed by atoms with Gasteiger partial charge in [0.1, 0.15) is 5.75 Å². The molecule has 2 aromatic rings. The van der Waals surface area contributed by atoms with E-state index in [0.717, 1.165) is 17.9 Å². The summed E-state index contributed by atoms with van der Waals surface area (Å²) >= 11 is 0. The smallest absolute Gasteiger partial charge is 0.126 e. The van der Waals surface area contributed by atoms with Crippen LogP contribution in [-0.2, 0) is 0 Å². The average molecular weight is 269 g/mol. The topological polar surface area (TPSA) is 21.3 Å².